The summed E-state index contributed by atoms with van der Waals surface area (Å²) in [7, 11) is -3.20. The van der Waals surface area contributed by atoms with Gasteiger partial charge in [-0.05, 0) is 42.2 Å². The van der Waals surface area contributed by atoms with Crippen LogP contribution in [0.1, 0.15) is 39.9 Å². The molecule has 0 saturated carbocycles. The number of aromatic nitrogens is 2. The molecule has 0 aliphatic rings. The van der Waals surface area contributed by atoms with Gasteiger partial charge >= 0.3 is 0 Å². The molecule has 0 saturated heterocycles. The summed E-state index contributed by atoms with van der Waals surface area (Å²) >= 11 is 2.82. The highest BCUT2D eigenvalue weighted by molar-refractivity contribution is 7.99. The molecule has 2 aromatic heterocycles. The van der Waals surface area contributed by atoms with Crippen molar-refractivity contribution in [3.63, 3.8) is 0 Å². The summed E-state index contributed by atoms with van der Waals surface area (Å²) in [6.07, 6.45) is 5.33. The molecule has 0 fully saturated rings. The fraction of sp³-hybridized carbons (Fsp3) is 0.333. The SMILES string of the molecule is CC(C)c1ccc(-n2ccnc2SCC(=O)c2ccc(CCNS(C)(=O)=O)s2)cc1. The van der Waals surface area contributed by atoms with Gasteiger partial charge in [-0.2, -0.15) is 0 Å². The number of carbonyl (C=O) groups is 1. The Bertz CT molecular complexity index is 1100. The molecule has 1 N–H and O–H groups in total. The molecule has 0 spiro atoms. The Morgan fingerprint density at radius 3 is 2.60 bits per heavy atom. The Morgan fingerprint density at radius 1 is 1.20 bits per heavy atom. The van der Waals surface area contributed by atoms with Crippen LogP contribution in [0.2, 0.25) is 0 Å². The average Bonchev–Trinajstić information content (AvgIpc) is 3.35. The van der Waals surface area contributed by atoms with Crippen molar-refractivity contribution in [3.8, 4) is 5.69 Å². The van der Waals surface area contributed by atoms with Crippen molar-refractivity contribution >= 4 is 38.9 Å². The van der Waals surface area contributed by atoms with Crippen LogP contribution in [0.3, 0.4) is 0 Å². The van der Waals surface area contributed by atoms with Crippen LogP contribution < -0.4 is 4.72 Å². The maximum atomic E-state index is 12.6. The van der Waals surface area contributed by atoms with Gasteiger partial charge in [-0.1, -0.05) is 37.7 Å². The fourth-order valence-corrected chi connectivity index (χ4v) is 5.20. The van der Waals surface area contributed by atoms with E-state index in [4.69, 9.17) is 0 Å². The monoisotopic (exact) mass is 463 g/mol. The lowest BCUT2D eigenvalue weighted by Gasteiger charge is -2.10. The summed E-state index contributed by atoms with van der Waals surface area (Å²) in [5.74, 6) is 0.811. The molecule has 0 amide bonds. The Hall–Kier alpha value is -1.94. The zero-order valence-electron chi connectivity index (χ0n) is 17.2. The predicted octanol–water partition coefficient (Wildman–Crippen LogP) is 4.12. The van der Waals surface area contributed by atoms with Gasteiger partial charge in [0.05, 0.1) is 16.9 Å². The molecule has 0 radical (unpaired) electrons. The summed E-state index contributed by atoms with van der Waals surface area (Å²) < 4.78 is 26.7. The molecule has 30 heavy (non-hydrogen) atoms. The molecule has 0 bridgehead atoms. The van der Waals surface area contributed by atoms with E-state index in [0.717, 1.165) is 22.0 Å². The van der Waals surface area contributed by atoms with Gasteiger partial charge in [-0.25, -0.2) is 18.1 Å². The van der Waals surface area contributed by atoms with Crippen molar-refractivity contribution in [3.05, 3.63) is 64.1 Å². The normalized spacial score (nSPS) is 11.9. The Morgan fingerprint density at radius 2 is 1.93 bits per heavy atom. The number of benzene rings is 1. The summed E-state index contributed by atoms with van der Waals surface area (Å²) in [6, 6.07) is 12.1. The molecular weight excluding hydrogens is 438 g/mol. The van der Waals surface area contributed by atoms with E-state index in [0.29, 0.717) is 29.5 Å². The van der Waals surface area contributed by atoms with Crippen LogP contribution in [0.15, 0.2) is 53.9 Å². The first-order valence-corrected chi connectivity index (χ1v) is 13.3. The molecule has 1 aromatic carbocycles. The van der Waals surface area contributed by atoms with Gasteiger partial charge in [-0.3, -0.25) is 9.36 Å². The number of hydrogen-bond donors (Lipinski definition) is 1. The number of Topliss-reactive ketones (excluding diaryl/α,β-unsaturated/α-hetero) is 1. The van der Waals surface area contributed by atoms with Crippen molar-refractivity contribution in [1.82, 2.24) is 14.3 Å². The van der Waals surface area contributed by atoms with Crippen molar-refractivity contribution < 1.29 is 13.2 Å². The average molecular weight is 464 g/mol. The number of ketones is 1. The Balaban J connectivity index is 1.59. The zero-order chi connectivity index (χ0) is 21.7. The molecule has 3 rings (SSSR count). The third-order valence-corrected chi connectivity index (χ3v) is 7.33. The van der Waals surface area contributed by atoms with Crippen LogP contribution in [-0.4, -0.2) is 42.3 Å². The first kappa shape index (κ1) is 22.7. The minimum absolute atomic E-state index is 0.0389. The van der Waals surface area contributed by atoms with E-state index in [1.165, 1.54) is 28.7 Å². The molecule has 9 heteroatoms. The van der Waals surface area contributed by atoms with Crippen molar-refractivity contribution in [2.24, 2.45) is 0 Å². The number of carbonyl (C=O) groups excluding carboxylic acids is 1. The lowest BCUT2D eigenvalue weighted by molar-refractivity contribution is 0.102. The lowest BCUT2D eigenvalue weighted by atomic mass is 10.0. The quantitative estimate of drug-likeness (QED) is 0.361. The second kappa shape index (κ2) is 9.91. The van der Waals surface area contributed by atoms with Crippen LogP contribution in [0.4, 0.5) is 0 Å². The van der Waals surface area contributed by atoms with Crippen molar-refractivity contribution in [1.29, 1.82) is 0 Å². The number of thiophene rings is 1. The highest BCUT2D eigenvalue weighted by Gasteiger charge is 2.13. The van der Waals surface area contributed by atoms with Gasteiger partial charge in [0.1, 0.15) is 0 Å². The van der Waals surface area contributed by atoms with Gasteiger partial charge in [0.15, 0.2) is 10.9 Å². The first-order valence-electron chi connectivity index (χ1n) is 9.56. The van der Waals surface area contributed by atoms with E-state index in [1.54, 1.807) is 12.3 Å². The zero-order valence-corrected chi connectivity index (χ0v) is 19.6. The van der Waals surface area contributed by atoms with Crippen LogP contribution in [0.5, 0.6) is 0 Å². The number of sulfonamides is 1. The second-order valence-electron chi connectivity index (χ2n) is 7.22. The van der Waals surface area contributed by atoms with Crippen molar-refractivity contribution in [2.75, 3.05) is 18.6 Å². The number of imidazole rings is 1. The van der Waals surface area contributed by atoms with Gasteiger partial charge in [0, 0.05) is 29.5 Å². The molecule has 0 atom stereocenters. The molecule has 160 valence electrons. The topological polar surface area (TPSA) is 81.1 Å². The standard InChI is InChI=1S/C21H25N3O3S3/c1-15(2)16-4-6-17(7-5-16)24-13-12-22-21(24)28-14-19(25)20-9-8-18(29-20)10-11-23-30(3,26)27/h4-9,12-13,15,23H,10-11,14H2,1-3H3. The van der Waals surface area contributed by atoms with E-state index in [9.17, 15) is 13.2 Å². The molecule has 0 unspecified atom stereocenters. The third kappa shape index (κ3) is 6.28. The van der Waals surface area contributed by atoms with E-state index in [-0.39, 0.29) is 5.78 Å². The number of nitrogens with zero attached hydrogens (tertiary/aromatic N) is 2. The van der Waals surface area contributed by atoms with Crippen molar-refractivity contribution in [2.45, 2.75) is 31.3 Å². The highest BCUT2D eigenvalue weighted by Crippen LogP contribution is 2.25. The lowest BCUT2D eigenvalue weighted by Crippen LogP contribution is -2.23. The van der Waals surface area contributed by atoms with Crippen LogP contribution >= 0.6 is 23.1 Å². The highest BCUT2D eigenvalue weighted by atomic mass is 32.2. The Labute approximate surface area is 185 Å². The van der Waals surface area contributed by atoms with Crippen LogP contribution in [0.25, 0.3) is 5.69 Å². The minimum Gasteiger partial charge on any atom is -0.295 e. The Kier molecular flexibility index (Phi) is 7.51. The smallest absolute Gasteiger partial charge is 0.208 e. The molecule has 0 aliphatic heterocycles. The maximum Gasteiger partial charge on any atom is 0.208 e. The minimum atomic E-state index is -3.20. The summed E-state index contributed by atoms with van der Waals surface area (Å²) in [5, 5.41) is 0.773. The van der Waals surface area contributed by atoms with Crippen LogP contribution in [0, 0.1) is 0 Å². The predicted molar refractivity (Wildman–Crippen MR) is 124 cm³/mol. The molecule has 0 aliphatic carbocycles. The van der Waals surface area contributed by atoms with E-state index >= 15 is 0 Å². The summed E-state index contributed by atoms with van der Waals surface area (Å²) in [6.45, 7) is 4.66. The molecular formula is C21H25N3O3S3. The fourth-order valence-electron chi connectivity index (χ4n) is 2.84. The third-order valence-electron chi connectivity index (χ3n) is 4.45. The number of thioether (sulfide) groups is 1. The van der Waals surface area contributed by atoms with E-state index < -0.39 is 10.0 Å². The van der Waals surface area contributed by atoms with Gasteiger partial charge < -0.3 is 0 Å². The maximum absolute atomic E-state index is 12.6. The number of rotatable bonds is 10. The van der Waals surface area contributed by atoms with Gasteiger partial charge in [0.2, 0.25) is 10.0 Å². The van der Waals surface area contributed by atoms with E-state index in [2.05, 4.69) is 47.8 Å². The van der Waals surface area contributed by atoms with Crippen LogP contribution in [-0.2, 0) is 16.4 Å². The molecule has 6 nitrogen and oxygen atoms in total. The van der Waals surface area contributed by atoms with E-state index in [1.807, 2.05) is 16.8 Å². The van der Waals surface area contributed by atoms with Gasteiger partial charge in [0.25, 0.3) is 0 Å². The molecule has 2 heterocycles. The van der Waals surface area contributed by atoms with Gasteiger partial charge in [-0.15, -0.1) is 11.3 Å². The molecule has 3 aromatic rings. The second-order valence-corrected chi connectivity index (χ2v) is 11.2. The summed E-state index contributed by atoms with van der Waals surface area (Å²) in [4.78, 5) is 18.6. The first-order chi connectivity index (χ1) is 14.2. The largest absolute Gasteiger partial charge is 0.295 e. The number of nitrogens with one attached hydrogen (secondary N) is 1. The summed E-state index contributed by atoms with van der Waals surface area (Å²) in [5.41, 5.74) is 2.30. The number of hydrogen-bond acceptors (Lipinski definition) is 6.